The molecule has 1 amide bonds. The van der Waals surface area contributed by atoms with Crippen LogP contribution in [0.1, 0.15) is 16.2 Å². The number of carbonyl (C=O) groups excluding carboxylic acids is 1. The van der Waals surface area contributed by atoms with Crippen molar-refractivity contribution in [1.29, 1.82) is 0 Å². The van der Waals surface area contributed by atoms with Gasteiger partial charge in [-0.1, -0.05) is 24.3 Å². The third kappa shape index (κ3) is 2.97. The van der Waals surface area contributed by atoms with E-state index in [4.69, 9.17) is 4.42 Å². The van der Waals surface area contributed by atoms with Crippen molar-refractivity contribution in [3.63, 3.8) is 0 Å². The van der Waals surface area contributed by atoms with Crippen LogP contribution in [0, 0.1) is 5.82 Å². The number of benzene rings is 1. The van der Waals surface area contributed by atoms with Gasteiger partial charge in [0.2, 0.25) is 0 Å². The molecule has 0 fully saturated rings. The van der Waals surface area contributed by atoms with E-state index >= 15 is 0 Å². The number of aromatic nitrogens is 2. The van der Waals surface area contributed by atoms with Crippen molar-refractivity contribution in [2.24, 2.45) is 0 Å². The van der Waals surface area contributed by atoms with Gasteiger partial charge >= 0.3 is 11.8 Å². The number of amides is 1. The summed E-state index contributed by atoms with van der Waals surface area (Å²) >= 11 is 1.44. The predicted octanol–water partition coefficient (Wildman–Crippen LogP) is 2.87. The summed E-state index contributed by atoms with van der Waals surface area (Å²) in [6.07, 6.45) is 0. The third-order valence-electron chi connectivity index (χ3n) is 2.75. The van der Waals surface area contributed by atoms with Crippen molar-refractivity contribution in [3.8, 4) is 10.8 Å². The van der Waals surface area contributed by atoms with Gasteiger partial charge < -0.3 is 9.73 Å². The molecular weight excluding hydrogens is 293 g/mol. The fraction of sp³-hybridized carbons (Fsp3) is 0.0714. The number of thiophene rings is 1. The molecule has 0 radical (unpaired) electrons. The average Bonchev–Trinajstić information content (AvgIpc) is 3.16. The molecule has 0 spiro atoms. The lowest BCUT2D eigenvalue weighted by Crippen LogP contribution is -2.23. The highest BCUT2D eigenvalue weighted by Crippen LogP contribution is 2.22. The molecule has 0 aliphatic carbocycles. The molecule has 5 nitrogen and oxygen atoms in total. The molecule has 3 aromatic rings. The van der Waals surface area contributed by atoms with Crippen molar-refractivity contribution in [2.45, 2.75) is 6.54 Å². The zero-order valence-electron chi connectivity index (χ0n) is 10.7. The van der Waals surface area contributed by atoms with Crippen molar-refractivity contribution < 1.29 is 13.6 Å². The summed E-state index contributed by atoms with van der Waals surface area (Å²) < 4.78 is 18.7. The predicted molar refractivity (Wildman–Crippen MR) is 75.2 cm³/mol. The summed E-state index contributed by atoms with van der Waals surface area (Å²) in [7, 11) is 0. The van der Waals surface area contributed by atoms with Crippen LogP contribution in [0.3, 0.4) is 0 Å². The van der Waals surface area contributed by atoms with E-state index in [1.165, 1.54) is 17.4 Å². The summed E-state index contributed by atoms with van der Waals surface area (Å²) in [6, 6.07) is 9.89. The van der Waals surface area contributed by atoms with Crippen LogP contribution >= 0.6 is 11.3 Å². The maximum Gasteiger partial charge on any atom is 0.309 e. The van der Waals surface area contributed by atoms with E-state index in [1.807, 2.05) is 17.5 Å². The number of carbonyl (C=O) groups is 1. The van der Waals surface area contributed by atoms with E-state index in [0.29, 0.717) is 11.5 Å². The molecule has 0 saturated heterocycles. The third-order valence-corrected chi connectivity index (χ3v) is 3.61. The minimum atomic E-state index is -0.534. The zero-order valence-corrected chi connectivity index (χ0v) is 11.6. The second-order valence-electron chi connectivity index (χ2n) is 4.16. The molecule has 0 aliphatic rings. The van der Waals surface area contributed by atoms with Gasteiger partial charge in [0.1, 0.15) is 5.82 Å². The van der Waals surface area contributed by atoms with Gasteiger partial charge in [-0.2, -0.15) is 0 Å². The van der Waals surface area contributed by atoms with Gasteiger partial charge in [-0.3, -0.25) is 4.79 Å². The van der Waals surface area contributed by atoms with Gasteiger partial charge in [-0.25, -0.2) is 4.39 Å². The Bertz CT molecular complexity index is 755. The quantitative estimate of drug-likeness (QED) is 0.804. The lowest BCUT2D eigenvalue weighted by Gasteiger charge is -2.03. The lowest BCUT2D eigenvalue weighted by molar-refractivity contribution is 0.0916. The molecule has 0 aliphatic heterocycles. The zero-order chi connectivity index (χ0) is 14.7. The Morgan fingerprint density at radius 3 is 2.86 bits per heavy atom. The normalized spacial score (nSPS) is 10.5. The standard InChI is InChI=1S/C14H10FN3O2S/c15-10-5-2-1-4-9(10)8-16-12(19)14-18-17-13(20-14)11-6-3-7-21-11/h1-7H,8H2,(H,16,19). The molecule has 0 saturated carbocycles. The number of rotatable bonds is 4. The van der Waals surface area contributed by atoms with Gasteiger partial charge in [0.25, 0.3) is 5.89 Å². The SMILES string of the molecule is O=C(NCc1ccccc1F)c1nnc(-c2cccs2)o1. The van der Waals surface area contributed by atoms with Crippen LogP contribution in [0.5, 0.6) is 0 Å². The summed E-state index contributed by atoms with van der Waals surface area (Å²) in [5, 5.41) is 11.9. The van der Waals surface area contributed by atoms with Crippen molar-refractivity contribution in [2.75, 3.05) is 0 Å². The van der Waals surface area contributed by atoms with Crippen LogP contribution in [0.2, 0.25) is 0 Å². The van der Waals surface area contributed by atoms with Crippen molar-refractivity contribution in [1.82, 2.24) is 15.5 Å². The second-order valence-corrected chi connectivity index (χ2v) is 5.11. The van der Waals surface area contributed by atoms with Gasteiger partial charge in [0, 0.05) is 12.1 Å². The molecular formula is C14H10FN3O2S. The Kier molecular flexibility index (Phi) is 3.74. The summed E-state index contributed by atoms with van der Waals surface area (Å²) in [4.78, 5) is 12.7. The van der Waals surface area contributed by atoms with Gasteiger partial charge in [-0.15, -0.1) is 21.5 Å². The molecule has 0 bridgehead atoms. The van der Waals surface area contributed by atoms with E-state index in [0.717, 1.165) is 4.88 Å². The molecule has 106 valence electrons. The number of halogens is 1. The van der Waals surface area contributed by atoms with E-state index in [1.54, 1.807) is 18.2 Å². The molecule has 7 heteroatoms. The fourth-order valence-electron chi connectivity index (χ4n) is 1.71. The van der Waals surface area contributed by atoms with E-state index in [2.05, 4.69) is 15.5 Å². The molecule has 2 aromatic heterocycles. The highest BCUT2D eigenvalue weighted by atomic mass is 32.1. The first-order valence-electron chi connectivity index (χ1n) is 6.13. The monoisotopic (exact) mass is 303 g/mol. The Balaban J connectivity index is 1.68. The smallest absolute Gasteiger partial charge is 0.309 e. The van der Waals surface area contributed by atoms with Gasteiger partial charge in [-0.05, 0) is 17.5 Å². The van der Waals surface area contributed by atoms with Crippen LogP contribution in [0.25, 0.3) is 10.8 Å². The largest absolute Gasteiger partial charge is 0.411 e. The number of hydrogen-bond acceptors (Lipinski definition) is 5. The fourth-order valence-corrected chi connectivity index (χ4v) is 2.35. The Hall–Kier alpha value is -2.54. The van der Waals surface area contributed by atoms with Crippen LogP contribution in [-0.2, 0) is 6.54 Å². The maximum absolute atomic E-state index is 13.4. The summed E-state index contributed by atoms with van der Waals surface area (Å²) in [5.41, 5.74) is 0.392. The minimum absolute atomic E-state index is 0.0578. The number of nitrogens with zero attached hydrogens (tertiary/aromatic N) is 2. The lowest BCUT2D eigenvalue weighted by atomic mass is 10.2. The van der Waals surface area contributed by atoms with Crippen LogP contribution in [-0.4, -0.2) is 16.1 Å². The average molecular weight is 303 g/mol. The molecule has 0 unspecified atom stereocenters. The molecule has 3 rings (SSSR count). The molecule has 1 N–H and O–H groups in total. The van der Waals surface area contributed by atoms with Gasteiger partial charge in [0.15, 0.2) is 0 Å². The Morgan fingerprint density at radius 1 is 1.24 bits per heavy atom. The van der Waals surface area contributed by atoms with Crippen molar-refractivity contribution >= 4 is 17.2 Å². The van der Waals surface area contributed by atoms with Crippen molar-refractivity contribution in [3.05, 3.63) is 59.0 Å². The van der Waals surface area contributed by atoms with Crippen LogP contribution in [0.4, 0.5) is 4.39 Å². The molecule has 2 heterocycles. The first-order chi connectivity index (χ1) is 10.2. The van der Waals surface area contributed by atoms with E-state index in [-0.39, 0.29) is 18.3 Å². The molecule has 21 heavy (non-hydrogen) atoms. The van der Waals surface area contributed by atoms with Gasteiger partial charge in [0.05, 0.1) is 4.88 Å². The van der Waals surface area contributed by atoms with E-state index in [9.17, 15) is 9.18 Å². The number of hydrogen-bond donors (Lipinski definition) is 1. The topological polar surface area (TPSA) is 68.0 Å². The Labute approximate surface area is 123 Å². The second kappa shape index (κ2) is 5.84. The maximum atomic E-state index is 13.4. The highest BCUT2D eigenvalue weighted by Gasteiger charge is 2.16. The summed E-state index contributed by atoms with van der Waals surface area (Å²) in [6.45, 7) is 0.0578. The first kappa shape index (κ1) is 13.4. The van der Waals surface area contributed by atoms with Crippen LogP contribution in [0.15, 0.2) is 46.2 Å². The highest BCUT2D eigenvalue weighted by molar-refractivity contribution is 7.13. The number of nitrogens with one attached hydrogen (secondary N) is 1. The minimum Gasteiger partial charge on any atom is -0.411 e. The van der Waals surface area contributed by atoms with Crippen LogP contribution < -0.4 is 5.32 Å². The molecule has 1 aromatic carbocycles. The summed E-state index contributed by atoms with van der Waals surface area (Å²) in [5.74, 6) is -0.757. The Morgan fingerprint density at radius 2 is 2.10 bits per heavy atom. The van der Waals surface area contributed by atoms with E-state index < -0.39 is 5.91 Å². The molecule has 0 atom stereocenters. The first-order valence-corrected chi connectivity index (χ1v) is 7.01.